The first-order valence-electron chi connectivity index (χ1n) is 9.66. The van der Waals surface area contributed by atoms with E-state index in [-0.39, 0.29) is 23.1 Å². The molecule has 4 rings (SSSR count). The molecule has 1 heterocycles. The third kappa shape index (κ3) is 2.07. The van der Waals surface area contributed by atoms with Crippen LogP contribution in [0.2, 0.25) is 0 Å². The van der Waals surface area contributed by atoms with E-state index in [4.69, 9.17) is 4.11 Å². The summed E-state index contributed by atoms with van der Waals surface area (Å²) in [6, 6.07) is 5.24. The van der Waals surface area contributed by atoms with Crippen molar-refractivity contribution in [1.29, 1.82) is 0 Å². The molecular formula is C18H23F2NO. The predicted molar refractivity (Wildman–Crippen MR) is 81.4 cm³/mol. The summed E-state index contributed by atoms with van der Waals surface area (Å²) in [5, 5.41) is 0. The lowest BCUT2D eigenvalue weighted by molar-refractivity contribution is -0.0503. The van der Waals surface area contributed by atoms with E-state index in [2.05, 4.69) is 4.74 Å². The van der Waals surface area contributed by atoms with Crippen molar-refractivity contribution in [1.82, 2.24) is 4.90 Å². The Morgan fingerprint density at radius 2 is 2.27 bits per heavy atom. The maximum Gasteiger partial charge on any atom is 0.387 e. The lowest BCUT2D eigenvalue weighted by Gasteiger charge is -2.58. The number of alkyl halides is 2. The molecule has 2 aliphatic carbocycles. The van der Waals surface area contributed by atoms with Gasteiger partial charge in [0.25, 0.3) is 0 Å². The van der Waals surface area contributed by atoms with Crippen molar-refractivity contribution >= 4 is 0 Å². The second kappa shape index (κ2) is 5.19. The molecule has 3 aliphatic rings. The van der Waals surface area contributed by atoms with Crippen molar-refractivity contribution in [2.24, 2.45) is 5.92 Å². The van der Waals surface area contributed by atoms with Gasteiger partial charge in [0.05, 0.1) is 0 Å². The fourth-order valence-corrected chi connectivity index (χ4v) is 5.16. The molecule has 1 saturated heterocycles. The summed E-state index contributed by atoms with van der Waals surface area (Å²) < 4.78 is 53.6. The van der Waals surface area contributed by atoms with Crippen molar-refractivity contribution < 1.29 is 17.6 Å². The van der Waals surface area contributed by atoms with Crippen molar-refractivity contribution in [2.75, 3.05) is 13.5 Å². The normalized spacial score (nSPS) is 36.8. The molecule has 1 unspecified atom stereocenters. The Kier molecular flexibility index (Phi) is 2.69. The zero-order valence-electron chi connectivity index (χ0n) is 15.5. The molecule has 1 aliphatic heterocycles. The summed E-state index contributed by atoms with van der Waals surface area (Å²) in [5.41, 5.74) is 2.13. The molecule has 120 valence electrons. The molecule has 1 aromatic rings. The number of nitrogens with zero attached hydrogens (tertiary/aromatic N) is 1. The summed E-state index contributed by atoms with van der Waals surface area (Å²) in [6.07, 6.45) is 5.69. The van der Waals surface area contributed by atoms with Gasteiger partial charge in [-0.25, -0.2) is 0 Å². The second-order valence-electron chi connectivity index (χ2n) is 6.92. The largest absolute Gasteiger partial charge is 0.435 e. The van der Waals surface area contributed by atoms with Crippen LogP contribution in [0.3, 0.4) is 0 Å². The number of hydrogen-bond donors (Lipinski definition) is 0. The molecule has 22 heavy (non-hydrogen) atoms. The highest BCUT2D eigenvalue weighted by Crippen LogP contribution is 2.55. The Balaban J connectivity index is 1.79. The van der Waals surface area contributed by atoms with Crippen LogP contribution < -0.4 is 4.74 Å². The van der Waals surface area contributed by atoms with Gasteiger partial charge in [-0.3, -0.25) is 0 Å². The number of likely N-dealkylation sites (tertiary alicyclic amines) is 1. The monoisotopic (exact) mass is 310 g/mol. The Labute approximate surface area is 134 Å². The number of fused-ring (bicyclic) bond motifs is 1. The maximum atomic E-state index is 12.6. The third-order valence-corrected chi connectivity index (χ3v) is 6.03. The topological polar surface area (TPSA) is 12.5 Å². The number of piperidine rings is 1. The Morgan fingerprint density at radius 1 is 1.36 bits per heavy atom. The average molecular weight is 310 g/mol. The minimum Gasteiger partial charge on any atom is -0.435 e. The first kappa shape index (κ1) is 11.4. The highest BCUT2D eigenvalue weighted by molar-refractivity contribution is 5.45. The van der Waals surface area contributed by atoms with Gasteiger partial charge in [0.15, 0.2) is 0 Å². The van der Waals surface area contributed by atoms with Crippen molar-refractivity contribution in [3.05, 3.63) is 29.3 Å². The molecule has 2 bridgehead atoms. The van der Waals surface area contributed by atoms with Gasteiger partial charge in [-0.15, -0.1) is 0 Å². The van der Waals surface area contributed by atoms with Gasteiger partial charge in [-0.05, 0) is 68.4 Å². The zero-order valence-corrected chi connectivity index (χ0v) is 12.5. The van der Waals surface area contributed by atoms with Crippen LogP contribution in [0.1, 0.15) is 47.3 Å². The number of ether oxygens (including phenoxy) is 1. The molecule has 2 nitrogen and oxygen atoms in total. The van der Waals surface area contributed by atoms with E-state index in [9.17, 15) is 8.78 Å². The molecule has 3 atom stereocenters. The van der Waals surface area contributed by atoms with E-state index in [0.717, 1.165) is 43.2 Å². The van der Waals surface area contributed by atoms with E-state index in [1.54, 1.807) is 17.0 Å². The number of hydrogen-bond acceptors (Lipinski definition) is 2. The van der Waals surface area contributed by atoms with Crippen molar-refractivity contribution in [3.8, 4) is 5.75 Å². The lowest BCUT2D eigenvalue weighted by Crippen LogP contribution is -2.59. The number of benzene rings is 1. The summed E-state index contributed by atoms with van der Waals surface area (Å²) in [6.45, 7) is -4.37. The summed E-state index contributed by atoms with van der Waals surface area (Å²) in [4.78, 5) is 1.70. The molecular weight excluding hydrogens is 284 g/mol. The third-order valence-electron chi connectivity index (χ3n) is 6.03. The summed E-state index contributed by atoms with van der Waals surface area (Å²) in [5.74, 6) is 0.494. The molecule has 1 saturated carbocycles. The van der Waals surface area contributed by atoms with Crippen LogP contribution in [-0.2, 0) is 11.8 Å². The van der Waals surface area contributed by atoms with Crippen LogP contribution in [0.15, 0.2) is 18.2 Å². The van der Waals surface area contributed by atoms with Crippen LogP contribution in [0.4, 0.5) is 8.78 Å². The zero-order chi connectivity index (χ0) is 17.8. The maximum absolute atomic E-state index is 12.6. The first-order chi connectivity index (χ1) is 11.8. The summed E-state index contributed by atoms with van der Waals surface area (Å²) >= 11 is 0. The van der Waals surface area contributed by atoms with Crippen molar-refractivity contribution in [3.63, 3.8) is 0 Å². The molecule has 1 aromatic carbocycles. The highest BCUT2D eigenvalue weighted by atomic mass is 19.3. The smallest absolute Gasteiger partial charge is 0.387 e. The quantitative estimate of drug-likeness (QED) is 0.819. The minimum atomic E-state index is -2.83. The van der Waals surface area contributed by atoms with Gasteiger partial charge in [-0.1, -0.05) is 18.9 Å². The van der Waals surface area contributed by atoms with E-state index in [1.165, 1.54) is 0 Å². The van der Waals surface area contributed by atoms with E-state index < -0.39 is 13.6 Å². The van der Waals surface area contributed by atoms with Gasteiger partial charge >= 0.3 is 6.61 Å². The Hall–Kier alpha value is -1.16. The Morgan fingerprint density at radius 3 is 3.09 bits per heavy atom. The molecule has 0 amide bonds. The van der Waals surface area contributed by atoms with E-state index in [0.29, 0.717) is 13.0 Å². The molecule has 0 aromatic heterocycles. The SMILES string of the molecule is [2H]C([2H])([2H])N1CC[C@]23CCCCC2[C@H]1Cc1ccc(OC(F)F)cc13. The number of halogens is 2. The van der Waals surface area contributed by atoms with Crippen molar-refractivity contribution in [2.45, 2.75) is 56.6 Å². The van der Waals surface area contributed by atoms with Gasteiger partial charge in [0.1, 0.15) is 5.75 Å². The first-order valence-corrected chi connectivity index (χ1v) is 8.16. The van der Waals surface area contributed by atoms with Crippen LogP contribution >= 0.6 is 0 Å². The standard InChI is InChI=1S/C18H23F2NO/c1-21-9-8-18-7-3-2-4-14(18)16(21)10-12-5-6-13(11-15(12)18)22-17(19)20/h5-6,11,14,16-17H,2-4,7-10H2,1H3/t14?,16-,18-/m1/s1/i1D3. The second-order valence-corrected chi connectivity index (χ2v) is 6.92. The number of rotatable bonds is 2. The molecule has 0 radical (unpaired) electrons. The molecule has 2 fully saturated rings. The van der Waals surface area contributed by atoms with Gasteiger partial charge in [0.2, 0.25) is 0 Å². The lowest BCUT2D eigenvalue weighted by atomic mass is 9.52. The molecule has 0 spiro atoms. The minimum absolute atomic E-state index is 0.0101. The fourth-order valence-electron chi connectivity index (χ4n) is 5.16. The van der Waals surface area contributed by atoms with Gasteiger partial charge in [-0.2, -0.15) is 8.78 Å². The highest BCUT2D eigenvalue weighted by Gasteiger charge is 2.53. The Bertz CT molecular complexity index is 666. The van der Waals surface area contributed by atoms with Crippen LogP contribution in [-0.4, -0.2) is 31.1 Å². The summed E-state index contributed by atoms with van der Waals surface area (Å²) in [7, 11) is 0. The van der Waals surface area contributed by atoms with Crippen LogP contribution in [0.25, 0.3) is 0 Å². The number of likely N-dealkylation sites (N-methyl/N-ethyl adjacent to an activating group) is 1. The predicted octanol–water partition coefficient (Wildman–Crippen LogP) is 3.98. The van der Waals surface area contributed by atoms with Crippen LogP contribution in [0.5, 0.6) is 5.75 Å². The molecule has 4 heteroatoms. The van der Waals surface area contributed by atoms with E-state index in [1.807, 2.05) is 6.07 Å². The van der Waals surface area contributed by atoms with Gasteiger partial charge in [0, 0.05) is 15.6 Å². The van der Waals surface area contributed by atoms with Gasteiger partial charge < -0.3 is 9.64 Å². The fraction of sp³-hybridized carbons (Fsp3) is 0.667. The van der Waals surface area contributed by atoms with E-state index >= 15 is 0 Å². The van der Waals surface area contributed by atoms with Crippen LogP contribution in [0, 0.1) is 5.92 Å². The average Bonchev–Trinajstić information content (AvgIpc) is 2.54. The molecule has 0 N–H and O–H groups in total.